The molecule has 8 heteroatoms. The van der Waals surface area contributed by atoms with Crippen molar-refractivity contribution in [3.05, 3.63) is 96.8 Å². The lowest BCUT2D eigenvalue weighted by Crippen LogP contribution is -2.39. The quantitative estimate of drug-likeness (QED) is 0.405. The maximum Gasteiger partial charge on any atom is 0.338 e. The predicted molar refractivity (Wildman–Crippen MR) is 136 cm³/mol. The normalized spacial score (nSPS) is 15.8. The summed E-state index contributed by atoms with van der Waals surface area (Å²) in [7, 11) is 3.58. The van der Waals surface area contributed by atoms with E-state index in [4.69, 9.17) is 9.47 Å². The van der Waals surface area contributed by atoms with E-state index in [0.717, 1.165) is 22.0 Å². The first kappa shape index (κ1) is 22.9. The molecule has 0 saturated carbocycles. The molecule has 2 aromatic carbocycles. The van der Waals surface area contributed by atoms with Crippen molar-refractivity contribution in [3.8, 4) is 5.75 Å². The summed E-state index contributed by atoms with van der Waals surface area (Å²) in [6, 6.07) is 14.8. The van der Waals surface area contributed by atoms with Gasteiger partial charge >= 0.3 is 5.97 Å². The van der Waals surface area contributed by atoms with Gasteiger partial charge in [-0.3, -0.25) is 9.36 Å². The number of benzene rings is 2. The van der Waals surface area contributed by atoms with Gasteiger partial charge in [-0.15, -0.1) is 0 Å². The Bertz CT molecular complexity index is 1660. The van der Waals surface area contributed by atoms with E-state index in [1.165, 1.54) is 11.3 Å². The number of carbonyl (C=O) groups excluding carboxylic acids is 1. The SMILES string of the molecule is CCOC(=O)C1=C(C)N=c2s/c(=C\c3cn(C)c4ccccc34)c(=O)n2[C@@H]1c1ccc(OC)cc1. The lowest BCUT2D eigenvalue weighted by Gasteiger charge is -2.24. The standard InChI is InChI=1S/C27H25N3O4S/c1-5-34-26(32)23-16(2)28-27-30(24(23)17-10-12-19(33-4)13-11-17)25(31)22(35-27)14-18-15-29(3)21-9-7-6-8-20(18)21/h6-15,24H,5H2,1-4H3/b22-14-/t24-/m1/s1. The lowest BCUT2D eigenvalue weighted by molar-refractivity contribution is -0.139. The Hall–Kier alpha value is -3.91. The van der Waals surface area contributed by atoms with Crippen LogP contribution in [0.2, 0.25) is 0 Å². The Morgan fingerprint density at radius 1 is 1.17 bits per heavy atom. The monoisotopic (exact) mass is 487 g/mol. The van der Waals surface area contributed by atoms with E-state index in [1.54, 1.807) is 25.5 Å². The van der Waals surface area contributed by atoms with Crippen LogP contribution in [0, 0.1) is 0 Å². The highest BCUT2D eigenvalue weighted by Gasteiger charge is 2.33. The minimum atomic E-state index is -0.647. The average Bonchev–Trinajstić information content (AvgIpc) is 3.34. The van der Waals surface area contributed by atoms with Crippen molar-refractivity contribution in [3.63, 3.8) is 0 Å². The first-order valence-electron chi connectivity index (χ1n) is 11.3. The van der Waals surface area contributed by atoms with E-state index < -0.39 is 12.0 Å². The highest BCUT2D eigenvalue weighted by Crippen LogP contribution is 2.31. The number of thiazole rings is 1. The summed E-state index contributed by atoms with van der Waals surface area (Å²) in [4.78, 5) is 32.0. The third kappa shape index (κ3) is 3.89. The van der Waals surface area contributed by atoms with Gasteiger partial charge in [-0.2, -0.15) is 0 Å². The smallest absolute Gasteiger partial charge is 0.338 e. The minimum Gasteiger partial charge on any atom is -0.497 e. The number of fused-ring (bicyclic) bond motifs is 2. The zero-order valence-corrected chi connectivity index (χ0v) is 20.8. The van der Waals surface area contributed by atoms with Gasteiger partial charge in [0.1, 0.15) is 5.75 Å². The molecule has 0 aliphatic carbocycles. The van der Waals surface area contributed by atoms with Crippen LogP contribution in [0.15, 0.2) is 75.8 Å². The average molecular weight is 488 g/mol. The second-order valence-corrected chi connectivity index (χ2v) is 9.30. The largest absolute Gasteiger partial charge is 0.497 e. The maximum atomic E-state index is 13.8. The molecule has 5 rings (SSSR count). The van der Waals surface area contributed by atoms with Crippen molar-refractivity contribution in [2.75, 3.05) is 13.7 Å². The summed E-state index contributed by atoms with van der Waals surface area (Å²) in [5.74, 6) is 0.216. The molecule has 7 nitrogen and oxygen atoms in total. The van der Waals surface area contributed by atoms with Gasteiger partial charge in [-0.05, 0) is 43.7 Å². The lowest BCUT2D eigenvalue weighted by atomic mass is 9.96. The van der Waals surface area contributed by atoms with Gasteiger partial charge in [0.05, 0.1) is 35.6 Å². The zero-order chi connectivity index (χ0) is 24.7. The second kappa shape index (κ2) is 9.03. The molecule has 0 spiro atoms. The topological polar surface area (TPSA) is 74.8 Å². The van der Waals surface area contributed by atoms with Crippen LogP contribution in [0.4, 0.5) is 0 Å². The Morgan fingerprint density at radius 3 is 2.63 bits per heavy atom. The Morgan fingerprint density at radius 2 is 1.91 bits per heavy atom. The van der Waals surface area contributed by atoms with Gasteiger partial charge in [-0.1, -0.05) is 41.7 Å². The van der Waals surface area contributed by atoms with Gasteiger partial charge in [0.2, 0.25) is 0 Å². The van der Waals surface area contributed by atoms with E-state index in [9.17, 15) is 9.59 Å². The number of para-hydroxylation sites is 1. The predicted octanol–water partition coefficient (Wildman–Crippen LogP) is 3.30. The number of rotatable bonds is 5. The molecule has 0 unspecified atom stereocenters. The first-order chi connectivity index (χ1) is 16.9. The summed E-state index contributed by atoms with van der Waals surface area (Å²) in [6.45, 7) is 3.77. The summed E-state index contributed by atoms with van der Waals surface area (Å²) in [5, 5.41) is 1.07. The summed E-state index contributed by atoms with van der Waals surface area (Å²) < 4.78 is 14.8. The van der Waals surface area contributed by atoms with E-state index >= 15 is 0 Å². The molecule has 1 atom stereocenters. The van der Waals surface area contributed by atoms with Crippen molar-refractivity contribution < 1.29 is 14.3 Å². The summed E-state index contributed by atoms with van der Waals surface area (Å²) >= 11 is 1.32. The Kier molecular flexibility index (Phi) is 5.90. The van der Waals surface area contributed by atoms with Crippen LogP contribution < -0.4 is 19.6 Å². The van der Waals surface area contributed by atoms with Crippen LogP contribution in [0.3, 0.4) is 0 Å². The summed E-state index contributed by atoms with van der Waals surface area (Å²) in [6.07, 6.45) is 3.92. The summed E-state index contributed by atoms with van der Waals surface area (Å²) in [5.41, 5.74) is 3.53. The van der Waals surface area contributed by atoms with Crippen molar-refractivity contribution in [1.82, 2.24) is 9.13 Å². The zero-order valence-electron chi connectivity index (χ0n) is 19.9. The van der Waals surface area contributed by atoms with Crippen LogP contribution in [0.5, 0.6) is 5.75 Å². The number of aromatic nitrogens is 2. The van der Waals surface area contributed by atoms with Gasteiger partial charge in [0, 0.05) is 29.7 Å². The molecule has 35 heavy (non-hydrogen) atoms. The molecule has 3 heterocycles. The number of carbonyl (C=O) groups is 1. The van der Waals surface area contributed by atoms with Crippen LogP contribution >= 0.6 is 11.3 Å². The second-order valence-electron chi connectivity index (χ2n) is 8.29. The molecule has 0 bridgehead atoms. The number of nitrogens with zero attached hydrogens (tertiary/aromatic N) is 3. The molecule has 4 aromatic rings. The van der Waals surface area contributed by atoms with Crippen molar-refractivity contribution >= 4 is 34.3 Å². The van der Waals surface area contributed by atoms with E-state index in [-0.39, 0.29) is 12.2 Å². The van der Waals surface area contributed by atoms with Crippen LogP contribution in [-0.2, 0) is 16.6 Å². The number of esters is 1. The van der Waals surface area contributed by atoms with Gasteiger partial charge < -0.3 is 14.0 Å². The Labute approximate surface area is 205 Å². The number of aryl methyl sites for hydroxylation is 1. The van der Waals surface area contributed by atoms with Crippen LogP contribution in [-0.4, -0.2) is 28.8 Å². The molecule has 0 N–H and O–H groups in total. The van der Waals surface area contributed by atoms with Gasteiger partial charge in [0.15, 0.2) is 4.80 Å². The molecule has 1 aliphatic heterocycles. The third-order valence-electron chi connectivity index (χ3n) is 6.16. The van der Waals surface area contributed by atoms with Crippen molar-refractivity contribution in [2.45, 2.75) is 19.9 Å². The number of methoxy groups -OCH3 is 1. The van der Waals surface area contributed by atoms with Crippen LogP contribution in [0.25, 0.3) is 17.0 Å². The molecule has 0 amide bonds. The fraction of sp³-hybridized carbons (Fsp3) is 0.222. The molecule has 0 radical (unpaired) electrons. The fourth-order valence-corrected chi connectivity index (χ4v) is 5.56. The number of hydrogen-bond donors (Lipinski definition) is 0. The van der Waals surface area contributed by atoms with E-state index in [2.05, 4.69) is 4.99 Å². The minimum absolute atomic E-state index is 0.197. The number of ether oxygens (including phenoxy) is 2. The van der Waals surface area contributed by atoms with Crippen molar-refractivity contribution in [2.24, 2.45) is 12.0 Å². The molecule has 2 aromatic heterocycles. The molecule has 178 valence electrons. The molecular weight excluding hydrogens is 462 g/mol. The molecular formula is C27H25N3O4S. The number of hydrogen-bond acceptors (Lipinski definition) is 6. The fourth-order valence-electron chi connectivity index (χ4n) is 4.52. The third-order valence-corrected chi connectivity index (χ3v) is 7.15. The molecule has 1 aliphatic rings. The highest BCUT2D eigenvalue weighted by molar-refractivity contribution is 7.07. The van der Waals surface area contributed by atoms with E-state index in [0.29, 0.717) is 26.4 Å². The van der Waals surface area contributed by atoms with E-state index in [1.807, 2.05) is 72.4 Å². The van der Waals surface area contributed by atoms with Gasteiger partial charge in [-0.25, -0.2) is 9.79 Å². The van der Waals surface area contributed by atoms with Crippen molar-refractivity contribution in [1.29, 1.82) is 0 Å². The molecule has 0 fully saturated rings. The first-order valence-corrected chi connectivity index (χ1v) is 12.1. The Balaban J connectivity index is 1.74. The maximum absolute atomic E-state index is 13.8. The highest BCUT2D eigenvalue weighted by atomic mass is 32.1. The number of allylic oxidation sites excluding steroid dienone is 1. The van der Waals surface area contributed by atoms with Gasteiger partial charge in [0.25, 0.3) is 5.56 Å². The molecule has 0 saturated heterocycles. The van der Waals surface area contributed by atoms with Crippen LogP contribution in [0.1, 0.15) is 31.0 Å².